The smallest absolute Gasteiger partial charge is 0.307 e. The molecule has 0 heterocycles. The molecule has 0 aromatic heterocycles. The van der Waals surface area contributed by atoms with Gasteiger partial charge < -0.3 is 24.4 Å². The number of rotatable bonds is 11. The van der Waals surface area contributed by atoms with Crippen molar-refractivity contribution >= 4 is 23.5 Å². The van der Waals surface area contributed by atoms with Gasteiger partial charge in [-0.25, -0.2) is 0 Å². The third-order valence-corrected chi connectivity index (χ3v) is 6.99. The number of alkyl halides is 1. The molecular weight excluding hydrogens is 556 g/mol. The highest BCUT2D eigenvalue weighted by Gasteiger charge is 2.31. The Morgan fingerprint density at radius 3 is 2.26 bits per heavy atom. The molecule has 0 amide bonds. The lowest BCUT2D eigenvalue weighted by atomic mass is 9.85. The summed E-state index contributed by atoms with van der Waals surface area (Å²) in [7, 11) is 0. The zero-order valence-corrected chi connectivity index (χ0v) is 24.3. The third-order valence-electron chi connectivity index (χ3n) is 6.46. The highest BCUT2D eigenvalue weighted by molar-refractivity contribution is 6.21. The average Bonchev–Trinajstić information content (AvgIpc) is 2.95. The van der Waals surface area contributed by atoms with Crippen LogP contribution in [0.5, 0.6) is 11.5 Å². The molecule has 1 fully saturated rings. The van der Waals surface area contributed by atoms with Crippen LogP contribution in [0.25, 0.3) is 0 Å². The van der Waals surface area contributed by atoms with Gasteiger partial charge in [-0.05, 0) is 92.3 Å². The number of aliphatic carboxylic acids is 1. The van der Waals surface area contributed by atoms with Crippen LogP contribution in [0.1, 0.15) is 49.3 Å². The van der Waals surface area contributed by atoms with Crippen LogP contribution in [0.4, 0.5) is 0 Å². The summed E-state index contributed by atoms with van der Waals surface area (Å²) in [5.41, 5.74) is 2.21. The standard InChI is InChI=1S/C34H35ClO7/c1-2-40-34(39)23-28-16-17-29(24-30(28)35)41-19-7-3-5-9-25-11-13-26(14-12-25)10-6-4-8-20-42-32-18-15-27(21-31(32)36)22-33(37)38/h3-4,7-8,11-15,18,21,28-30,36H,2,16-17,19-20,22-24H2,1H3,(H,37,38)/b7-3+,8-4+. The van der Waals surface area contributed by atoms with Crippen LogP contribution in [0, 0.1) is 29.6 Å². The first-order valence-electron chi connectivity index (χ1n) is 13.8. The van der Waals surface area contributed by atoms with Gasteiger partial charge >= 0.3 is 11.9 Å². The van der Waals surface area contributed by atoms with Gasteiger partial charge in [-0.1, -0.05) is 35.8 Å². The molecule has 3 unspecified atom stereocenters. The number of phenolic OH excluding ortho intramolecular Hbond substituents is 1. The van der Waals surface area contributed by atoms with Gasteiger partial charge in [0.05, 0.1) is 25.7 Å². The van der Waals surface area contributed by atoms with E-state index in [1.54, 1.807) is 37.3 Å². The van der Waals surface area contributed by atoms with Crippen molar-refractivity contribution in [1.82, 2.24) is 0 Å². The van der Waals surface area contributed by atoms with Crippen LogP contribution in [0.3, 0.4) is 0 Å². The summed E-state index contributed by atoms with van der Waals surface area (Å²) >= 11 is 6.49. The Kier molecular flexibility index (Phi) is 13.6. The quantitative estimate of drug-likeness (QED) is 0.198. The number of allylic oxidation sites excluding steroid dienone is 2. The number of carbonyl (C=O) groups is 2. The van der Waals surface area contributed by atoms with E-state index in [0.717, 1.165) is 30.4 Å². The SMILES string of the molecule is CCOC(=O)CC1CCC(OC/C=C/C#Cc2ccc(C#C/C=C/COc3ccc(CC(=O)O)cc3O)cc2)CC1Cl. The molecule has 1 saturated carbocycles. The van der Waals surface area contributed by atoms with Gasteiger partial charge in [0.2, 0.25) is 0 Å². The van der Waals surface area contributed by atoms with Gasteiger partial charge in [0.1, 0.15) is 6.61 Å². The van der Waals surface area contributed by atoms with Crippen LogP contribution in [0.15, 0.2) is 66.8 Å². The summed E-state index contributed by atoms with van der Waals surface area (Å²) in [4.78, 5) is 22.5. The summed E-state index contributed by atoms with van der Waals surface area (Å²) in [5.74, 6) is 11.2. The van der Waals surface area contributed by atoms with Crippen molar-refractivity contribution in [1.29, 1.82) is 0 Å². The molecule has 42 heavy (non-hydrogen) atoms. The summed E-state index contributed by atoms with van der Waals surface area (Å²) in [6.45, 7) is 2.86. The van der Waals surface area contributed by atoms with Gasteiger partial charge in [-0.15, -0.1) is 11.6 Å². The molecule has 3 atom stereocenters. The third kappa shape index (κ3) is 11.7. The maximum absolute atomic E-state index is 11.7. The fraction of sp³-hybridized carbons (Fsp3) is 0.353. The minimum atomic E-state index is -0.965. The number of hydrogen-bond acceptors (Lipinski definition) is 6. The second-order valence-electron chi connectivity index (χ2n) is 9.66. The lowest BCUT2D eigenvalue weighted by Crippen LogP contribution is -2.32. The van der Waals surface area contributed by atoms with E-state index in [0.29, 0.717) is 25.2 Å². The average molecular weight is 591 g/mol. The van der Waals surface area contributed by atoms with Gasteiger partial charge in [0.15, 0.2) is 11.5 Å². The van der Waals surface area contributed by atoms with Crippen LogP contribution in [-0.2, 0) is 25.5 Å². The number of esters is 1. The number of benzene rings is 2. The maximum atomic E-state index is 11.7. The topological polar surface area (TPSA) is 102 Å². The Bertz CT molecular complexity index is 1370. The van der Waals surface area contributed by atoms with Crippen LogP contribution >= 0.6 is 11.6 Å². The Balaban J connectivity index is 1.34. The van der Waals surface area contributed by atoms with Crippen molar-refractivity contribution in [3.63, 3.8) is 0 Å². The fourth-order valence-corrected chi connectivity index (χ4v) is 4.77. The number of halogens is 1. The number of carboxylic acid groups (broad SMARTS) is 1. The Labute approximate surface area is 252 Å². The minimum absolute atomic E-state index is 0.0808. The first-order valence-corrected chi connectivity index (χ1v) is 14.3. The number of carbonyl (C=O) groups excluding carboxylic acids is 1. The molecule has 0 spiro atoms. The maximum Gasteiger partial charge on any atom is 0.307 e. The van der Waals surface area contributed by atoms with E-state index in [2.05, 4.69) is 23.7 Å². The van der Waals surface area contributed by atoms with E-state index in [4.69, 9.17) is 30.9 Å². The molecule has 2 aromatic rings. The van der Waals surface area contributed by atoms with Crippen molar-refractivity contribution in [2.24, 2.45) is 5.92 Å². The molecule has 220 valence electrons. The predicted octanol–water partition coefficient (Wildman–Crippen LogP) is 5.66. The second-order valence-corrected chi connectivity index (χ2v) is 10.2. The lowest BCUT2D eigenvalue weighted by Gasteiger charge is -2.32. The van der Waals surface area contributed by atoms with E-state index < -0.39 is 5.97 Å². The van der Waals surface area contributed by atoms with Crippen molar-refractivity contribution in [3.05, 3.63) is 83.5 Å². The zero-order chi connectivity index (χ0) is 30.2. The van der Waals surface area contributed by atoms with Crippen molar-refractivity contribution in [2.45, 2.75) is 50.5 Å². The lowest BCUT2D eigenvalue weighted by molar-refractivity contribution is -0.144. The molecular formula is C34H35ClO7. The molecule has 2 aromatic carbocycles. The van der Waals surface area contributed by atoms with E-state index in [1.807, 2.05) is 30.3 Å². The molecule has 1 aliphatic rings. The number of ether oxygens (including phenoxy) is 3. The molecule has 8 heteroatoms. The fourth-order valence-electron chi connectivity index (χ4n) is 4.36. The van der Waals surface area contributed by atoms with Crippen molar-refractivity contribution in [3.8, 4) is 35.2 Å². The van der Waals surface area contributed by atoms with E-state index in [1.165, 1.54) is 6.07 Å². The van der Waals surface area contributed by atoms with E-state index >= 15 is 0 Å². The van der Waals surface area contributed by atoms with Gasteiger partial charge in [-0.2, -0.15) is 0 Å². The van der Waals surface area contributed by atoms with Crippen molar-refractivity contribution in [2.75, 3.05) is 19.8 Å². The molecule has 0 aliphatic heterocycles. The number of phenols is 1. The number of aromatic hydroxyl groups is 1. The highest BCUT2D eigenvalue weighted by Crippen LogP contribution is 2.33. The summed E-state index contributed by atoms with van der Waals surface area (Å²) in [6.07, 6.45) is 9.78. The van der Waals surface area contributed by atoms with Crippen LogP contribution < -0.4 is 4.74 Å². The first kappa shape index (κ1) is 32.3. The molecule has 1 aliphatic carbocycles. The van der Waals surface area contributed by atoms with Crippen LogP contribution in [0.2, 0.25) is 0 Å². The molecule has 3 rings (SSSR count). The molecule has 0 radical (unpaired) electrons. The molecule has 7 nitrogen and oxygen atoms in total. The number of hydrogen-bond donors (Lipinski definition) is 2. The van der Waals surface area contributed by atoms with E-state index in [-0.39, 0.29) is 47.9 Å². The normalized spacial score (nSPS) is 18.1. The summed E-state index contributed by atoms with van der Waals surface area (Å²) in [5, 5.41) is 18.7. The monoisotopic (exact) mass is 590 g/mol. The summed E-state index contributed by atoms with van der Waals surface area (Å²) < 4.78 is 16.4. The summed E-state index contributed by atoms with van der Waals surface area (Å²) in [6, 6.07) is 12.1. The predicted molar refractivity (Wildman–Crippen MR) is 161 cm³/mol. The Hall–Kier alpha value is -4.17. The van der Waals surface area contributed by atoms with Gasteiger partial charge in [0.25, 0.3) is 0 Å². The molecule has 2 N–H and O–H groups in total. The van der Waals surface area contributed by atoms with Gasteiger partial charge in [0, 0.05) is 22.9 Å². The van der Waals surface area contributed by atoms with Crippen LogP contribution in [-0.4, -0.2) is 53.5 Å². The Morgan fingerprint density at radius 1 is 1.00 bits per heavy atom. The molecule has 0 saturated heterocycles. The van der Waals surface area contributed by atoms with Crippen molar-refractivity contribution < 1.29 is 34.0 Å². The highest BCUT2D eigenvalue weighted by atomic mass is 35.5. The van der Waals surface area contributed by atoms with Gasteiger partial charge in [-0.3, -0.25) is 9.59 Å². The zero-order valence-electron chi connectivity index (χ0n) is 23.6. The van der Waals surface area contributed by atoms with E-state index in [9.17, 15) is 14.7 Å². The largest absolute Gasteiger partial charge is 0.504 e. The molecule has 0 bridgehead atoms. The number of carboxylic acids is 1. The first-order chi connectivity index (χ1) is 20.3. The minimum Gasteiger partial charge on any atom is -0.504 e. The second kappa shape index (κ2) is 17.6. The Morgan fingerprint density at radius 2 is 1.67 bits per heavy atom.